The summed E-state index contributed by atoms with van der Waals surface area (Å²) in [6.07, 6.45) is 3.16. The lowest BCUT2D eigenvalue weighted by Gasteiger charge is -2.41. The second kappa shape index (κ2) is 8.08. The molecule has 0 radical (unpaired) electrons. The van der Waals surface area contributed by atoms with Crippen LogP contribution in [0.2, 0.25) is 0 Å². The summed E-state index contributed by atoms with van der Waals surface area (Å²) >= 11 is 0. The SMILES string of the molecule is O=C(O)/C=C/C(=O)O.c1cc2c(c3c1CC1c4cc5c(cc4CCN1C3)OCO5)OCO2. The maximum absolute atomic E-state index is 9.55. The van der Waals surface area contributed by atoms with Crippen molar-refractivity contribution in [1.82, 2.24) is 4.90 Å². The van der Waals surface area contributed by atoms with E-state index in [0.29, 0.717) is 31.8 Å². The molecule has 0 saturated heterocycles. The zero-order valence-electron chi connectivity index (χ0n) is 17.1. The molecule has 1 atom stereocenters. The van der Waals surface area contributed by atoms with Crippen LogP contribution in [0.15, 0.2) is 36.4 Å². The fourth-order valence-electron chi connectivity index (χ4n) is 4.56. The third kappa shape index (κ3) is 3.71. The van der Waals surface area contributed by atoms with Crippen molar-refractivity contribution in [3.05, 3.63) is 58.7 Å². The molecule has 4 aliphatic rings. The molecule has 6 rings (SSSR count). The van der Waals surface area contributed by atoms with Gasteiger partial charge >= 0.3 is 11.9 Å². The molecule has 9 nitrogen and oxygen atoms in total. The quantitative estimate of drug-likeness (QED) is 0.681. The Kier molecular flexibility index (Phi) is 5.10. The van der Waals surface area contributed by atoms with Gasteiger partial charge < -0.3 is 29.2 Å². The lowest BCUT2D eigenvalue weighted by molar-refractivity contribution is -0.134. The zero-order valence-corrected chi connectivity index (χ0v) is 17.1. The first-order valence-corrected chi connectivity index (χ1v) is 10.2. The maximum Gasteiger partial charge on any atom is 0.328 e. The molecule has 2 N–H and O–H groups in total. The largest absolute Gasteiger partial charge is 0.478 e. The van der Waals surface area contributed by atoms with Crippen LogP contribution >= 0.6 is 0 Å². The Morgan fingerprint density at radius 2 is 1.59 bits per heavy atom. The first-order chi connectivity index (χ1) is 15.5. The van der Waals surface area contributed by atoms with Gasteiger partial charge in [-0.2, -0.15) is 0 Å². The molecule has 4 aliphatic heterocycles. The summed E-state index contributed by atoms with van der Waals surface area (Å²) in [6, 6.07) is 8.99. The van der Waals surface area contributed by atoms with Crippen molar-refractivity contribution < 1.29 is 38.7 Å². The number of carbonyl (C=O) groups is 2. The average Bonchev–Trinajstić information content (AvgIpc) is 3.44. The molecule has 2 aromatic rings. The van der Waals surface area contributed by atoms with Crippen molar-refractivity contribution in [3.8, 4) is 23.0 Å². The van der Waals surface area contributed by atoms with E-state index < -0.39 is 11.9 Å². The van der Waals surface area contributed by atoms with Crippen LogP contribution in [0.5, 0.6) is 23.0 Å². The molecule has 0 amide bonds. The van der Waals surface area contributed by atoms with Crippen molar-refractivity contribution in [2.75, 3.05) is 20.1 Å². The fraction of sp³-hybridized carbons (Fsp3) is 0.304. The molecule has 32 heavy (non-hydrogen) atoms. The standard InChI is InChI=1S/C19H17NO4.C4H4O4/c1-2-16-19(24-10-21-16)14-8-20-4-3-12-6-17-18(23-9-22-17)7-13(12)15(20)5-11(1)14;5-3(6)1-2-4(7)8/h1-2,6-7,15H,3-5,8-10H2;1-2H,(H,5,6)(H,7,8)/b;2-1+. The van der Waals surface area contributed by atoms with Gasteiger partial charge in [-0.3, -0.25) is 4.90 Å². The third-order valence-electron chi connectivity index (χ3n) is 5.98. The number of fused-ring (bicyclic) bond motifs is 7. The highest BCUT2D eigenvalue weighted by Gasteiger charge is 2.36. The lowest BCUT2D eigenvalue weighted by atomic mass is 9.83. The highest BCUT2D eigenvalue weighted by Crippen LogP contribution is 2.47. The molecular formula is C23H21NO8. The van der Waals surface area contributed by atoms with E-state index in [0.717, 1.165) is 48.9 Å². The van der Waals surface area contributed by atoms with Crippen LogP contribution in [0.4, 0.5) is 0 Å². The number of ether oxygens (including phenoxy) is 4. The number of aliphatic carboxylic acids is 2. The number of carboxylic acids is 2. The van der Waals surface area contributed by atoms with E-state index in [1.165, 1.54) is 22.3 Å². The molecule has 0 fully saturated rings. The molecule has 9 heteroatoms. The molecular weight excluding hydrogens is 418 g/mol. The average molecular weight is 439 g/mol. The van der Waals surface area contributed by atoms with E-state index >= 15 is 0 Å². The Bertz CT molecular complexity index is 1110. The van der Waals surface area contributed by atoms with Crippen LogP contribution in [-0.4, -0.2) is 47.2 Å². The molecule has 1 unspecified atom stereocenters. The van der Waals surface area contributed by atoms with Gasteiger partial charge in [-0.25, -0.2) is 9.59 Å². The van der Waals surface area contributed by atoms with Gasteiger partial charge in [-0.1, -0.05) is 6.07 Å². The van der Waals surface area contributed by atoms with Gasteiger partial charge in [0.15, 0.2) is 23.0 Å². The van der Waals surface area contributed by atoms with Crippen molar-refractivity contribution in [1.29, 1.82) is 0 Å². The minimum absolute atomic E-state index is 0.332. The summed E-state index contributed by atoms with van der Waals surface area (Å²) in [6.45, 7) is 2.64. The predicted octanol–water partition coefficient (Wildman–Crippen LogP) is 2.51. The van der Waals surface area contributed by atoms with Crippen LogP contribution < -0.4 is 18.9 Å². The topological polar surface area (TPSA) is 115 Å². The Morgan fingerprint density at radius 1 is 0.906 bits per heavy atom. The minimum atomic E-state index is -1.26. The first-order valence-electron chi connectivity index (χ1n) is 10.2. The second-order valence-electron chi connectivity index (χ2n) is 7.79. The molecule has 0 aliphatic carbocycles. The summed E-state index contributed by atoms with van der Waals surface area (Å²) in [5.41, 5.74) is 5.44. The van der Waals surface area contributed by atoms with Crippen molar-refractivity contribution in [3.63, 3.8) is 0 Å². The van der Waals surface area contributed by atoms with Gasteiger partial charge in [0.1, 0.15) is 0 Å². The molecule has 0 spiro atoms. The number of hydrogen-bond acceptors (Lipinski definition) is 7. The van der Waals surface area contributed by atoms with Crippen molar-refractivity contribution in [2.24, 2.45) is 0 Å². The monoisotopic (exact) mass is 439 g/mol. The summed E-state index contributed by atoms with van der Waals surface area (Å²) in [5, 5.41) is 15.6. The predicted molar refractivity (Wildman–Crippen MR) is 110 cm³/mol. The third-order valence-corrected chi connectivity index (χ3v) is 5.98. The van der Waals surface area contributed by atoms with Crippen LogP contribution in [0.3, 0.4) is 0 Å². The van der Waals surface area contributed by atoms with Gasteiger partial charge in [-0.05, 0) is 47.7 Å². The Morgan fingerprint density at radius 3 is 2.34 bits per heavy atom. The van der Waals surface area contributed by atoms with Gasteiger partial charge in [0, 0.05) is 36.8 Å². The van der Waals surface area contributed by atoms with Crippen molar-refractivity contribution >= 4 is 11.9 Å². The van der Waals surface area contributed by atoms with Crippen LogP contribution in [0, 0.1) is 0 Å². The fourth-order valence-corrected chi connectivity index (χ4v) is 4.56. The Hall–Kier alpha value is -3.72. The number of rotatable bonds is 2. The molecule has 0 aromatic heterocycles. The first kappa shape index (κ1) is 20.2. The summed E-state index contributed by atoms with van der Waals surface area (Å²) in [5.74, 6) is 1.09. The lowest BCUT2D eigenvalue weighted by Crippen LogP contribution is -2.39. The molecule has 166 valence electrons. The van der Waals surface area contributed by atoms with E-state index in [9.17, 15) is 9.59 Å². The van der Waals surface area contributed by atoms with E-state index in [1.807, 2.05) is 6.07 Å². The van der Waals surface area contributed by atoms with Crippen molar-refractivity contribution in [2.45, 2.75) is 25.4 Å². The highest BCUT2D eigenvalue weighted by atomic mass is 16.7. The summed E-state index contributed by atoms with van der Waals surface area (Å²) in [4.78, 5) is 21.7. The van der Waals surface area contributed by atoms with E-state index in [1.54, 1.807) is 0 Å². The maximum atomic E-state index is 9.55. The van der Waals surface area contributed by atoms with Crippen LogP contribution in [0.25, 0.3) is 0 Å². The van der Waals surface area contributed by atoms with E-state index in [4.69, 9.17) is 29.2 Å². The van der Waals surface area contributed by atoms with Gasteiger partial charge in [-0.15, -0.1) is 0 Å². The summed E-state index contributed by atoms with van der Waals surface area (Å²) in [7, 11) is 0. The number of carboxylic acid groups (broad SMARTS) is 2. The van der Waals surface area contributed by atoms with Crippen LogP contribution in [-0.2, 0) is 29.0 Å². The number of benzene rings is 2. The number of hydrogen-bond donors (Lipinski definition) is 2. The zero-order chi connectivity index (χ0) is 22.2. The molecule has 2 aromatic carbocycles. The molecule has 4 heterocycles. The normalized spacial score (nSPS) is 19.4. The highest BCUT2D eigenvalue weighted by molar-refractivity contribution is 5.89. The second-order valence-corrected chi connectivity index (χ2v) is 7.79. The van der Waals surface area contributed by atoms with Crippen LogP contribution in [0.1, 0.15) is 28.3 Å². The van der Waals surface area contributed by atoms with Gasteiger partial charge in [0.25, 0.3) is 0 Å². The molecule has 0 saturated carbocycles. The van der Waals surface area contributed by atoms with E-state index in [2.05, 4.69) is 23.1 Å². The minimum Gasteiger partial charge on any atom is -0.478 e. The van der Waals surface area contributed by atoms with Gasteiger partial charge in [0.2, 0.25) is 13.6 Å². The summed E-state index contributed by atoms with van der Waals surface area (Å²) < 4.78 is 22.4. The molecule has 0 bridgehead atoms. The van der Waals surface area contributed by atoms with Gasteiger partial charge in [0.05, 0.1) is 0 Å². The Labute approximate surface area is 183 Å². The number of nitrogens with zero attached hydrogens (tertiary/aromatic N) is 1. The Balaban J connectivity index is 0.000000235. The van der Waals surface area contributed by atoms with E-state index in [-0.39, 0.29) is 0 Å². The smallest absolute Gasteiger partial charge is 0.328 e.